The molecule has 0 aliphatic carbocycles. The maximum Gasteiger partial charge on any atom is 0.322 e. The van der Waals surface area contributed by atoms with Crippen LogP contribution < -0.4 is 20.7 Å². The first kappa shape index (κ1) is 36.6. The van der Waals surface area contributed by atoms with Crippen molar-refractivity contribution in [3.63, 3.8) is 0 Å². The fraction of sp³-hybridized carbons (Fsp3) is 0.394. The van der Waals surface area contributed by atoms with E-state index in [0.29, 0.717) is 18.1 Å². The molecule has 2 aromatic rings. The van der Waals surface area contributed by atoms with Crippen molar-refractivity contribution in [2.24, 2.45) is 4.99 Å². The number of hydrogen-bond donors (Lipinski definition) is 3. The van der Waals surface area contributed by atoms with Gasteiger partial charge in [0, 0.05) is 44.0 Å². The van der Waals surface area contributed by atoms with Crippen molar-refractivity contribution in [3.05, 3.63) is 82.5 Å². The Morgan fingerprint density at radius 2 is 1.91 bits per heavy atom. The number of amides is 4. The van der Waals surface area contributed by atoms with Crippen molar-refractivity contribution in [3.8, 4) is 5.75 Å². The molecule has 2 aliphatic heterocycles. The number of ether oxygens (including phenoxy) is 1. The smallest absolute Gasteiger partial charge is 0.322 e. The van der Waals surface area contributed by atoms with Gasteiger partial charge in [-0.2, -0.15) is 0 Å². The van der Waals surface area contributed by atoms with Crippen LogP contribution in [0, 0.1) is 6.92 Å². The molecule has 3 heterocycles. The van der Waals surface area contributed by atoms with Gasteiger partial charge in [0.2, 0.25) is 0 Å². The third kappa shape index (κ3) is 11.1. The Morgan fingerprint density at radius 3 is 2.51 bits per heavy atom. The molecule has 4 amide bonds. The highest BCUT2D eigenvalue weighted by Crippen LogP contribution is 2.26. The van der Waals surface area contributed by atoms with E-state index in [-0.39, 0.29) is 5.91 Å². The number of carbonyl (C=O) groups is 3. The number of imide groups is 1. The number of allylic oxidation sites excluding steroid dienone is 2. The standard InChI is InChI=1S/C19H24N4O3.C10H11NO2.2C2H6/c1-4-14(12-21-9-7-5-6-8-20-3)10-15-11-16(26-13(15)2)17-18(24)23-19(25)22-17;1-11-6-7-3-4-8(13-2)5-9(7)10(11)12;2*1-2/h5-8,10-11,17,21H,3-4,9,12H2,1-2H3,(H2,22,23,24,25);3-5H,6H2,1-2H3;2*1-2H3/b7-5-,8-6-,14-10+;;;/t17-;;;/m0.../s1. The fourth-order valence-corrected chi connectivity index (χ4v) is 4.05. The van der Waals surface area contributed by atoms with E-state index in [1.54, 1.807) is 37.4 Å². The van der Waals surface area contributed by atoms with Crippen molar-refractivity contribution in [2.75, 3.05) is 27.2 Å². The van der Waals surface area contributed by atoms with Crippen LogP contribution in [0.15, 0.2) is 63.7 Å². The number of rotatable bonds is 10. The quantitative estimate of drug-likeness (QED) is 0.135. The molecule has 3 N–H and O–H groups in total. The lowest BCUT2D eigenvalue weighted by atomic mass is 10.1. The Bertz CT molecular complexity index is 1310. The lowest BCUT2D eigenvalue weighted by Crippen LogP contribution is -2.22. The normalized spacial score (nSPS) is 15.5. The van der Waals surface area contributed by atoms with Crippen molar-refractivity contribution in [1.82, 2.24) is 20.9 Å². The number of benzene rings is 1. The highest BCUT2D eigenvalue weighted by atomic mass is 16.5. The summed E-state index contributed by atoms with van der Waals surface area (Å²) < 4.78 is 10.7. The number of nitrogens with zero attached hydrogens (tertiary/aromatic N) is 2. The van der Waals surface area contributed by atoms with Gasteiger partial charge >= 0.3 is 6.03 Å². The third-order valence-corrected chi connectivity index (χ3v) is 6.20. The second-order valence-electron chi connectivity index (χ2n) is 8.98. The van der Waals surface area contributed by atoms with Crippen molar-refractivity contribution in [1.29, 1.82) is 0 Å². The van der Waals surface area contributed by atoms with Gasteiger partial charge in [-0.05, 0) is 49.9 Å². The van der Waals surface area contributed by atoms with Crippen LogP contribution in [-0.2, 0) is 11.3 Å². The molecule has 1 aromatic heterocycles. The highest BCUT2D eigenvalue weighted by molar-refractivity contribution is 6.04. The zero-order valence-corrected chi connectivity index (χ0v) is 26.7. The Hall–Kier alpha value is -4.44. The molecular formula is C33H47N5O5. The number of methoxy groups -OCH3 is 1. The molecule has 0 radical (unpaired) electrons. The number of hydrogen-bond acceptors (Lipinski definition) is 7. The number of urea groups is 1. The predicted octanol–water partition coefficient (Wildman–Crippen LogP) is 5.96. The topological polar surface area (TPSA) is 125 Å². The van der Waals surface area contributed by atoms with Gasteiger partial charge in [0.05, 0.1) is 7.11 Å². The van der Waals surface area contributed by atoms with E-state index in [9.17, 15) is 14.4 Å². The molecule has 43 heavy (non-hydrogen) atoms. The van der Waals surface area contributed by atoms with E-state index < -0.39 is 18.0 Å². The first-order valence-corrected chi connectivity index (χ1v) is 14.6. The molecular weight excluding hydrogens is 546 g/mol. The minimum Gasteiger partial charge on any atom is -0.497 e. The van der Waals surface area contributed by atoms with Crippen LogP contribution >= 0.6 is 0 Å². The van der Waals surface area contributed by atoms with Crippen molar-refractivity contribution in [2.45, 2.75) is 60.5 Å². The molecule has 0 unspecified atom stereocenters. The first-order chi connectivity index (χ1) is 20.8. The van der Waals surface area contributed by atoms with E-state index in [0.717, 1.165) is 42.0 Å². The second-order valence-corrected chi connectivity index (χ2v) is 8.98. The predicted molar refractivity (Wildman–Crippen MR) is 173 cm³/mol. The highest BCUT2D eigenvalue weighted by Gasteiger charge is 2.33. The summed E-state index contributed by atoms with van der Waals surface area (Å²) in [6, 6.07) is 6.14. The molecule has 10 heteroatoms. The third-order valence-electron chi connectivity index (χ3n) is 6.20. The number of furan rings is 1. The van der Waals surface area contributed by atoms with Gasteiger partial charge in [-0.1, -0.05) is 64.5 Å². The van der Waals surface area contributed by atoms with E-state index in [1.165, 1.54) is 5.57 Å². The second kappa shape index (κ2) is 19.6. The average molecular weight is 594 g/mol. The monoisotopic (exact) mass is 593 g/mol. The number of carbonyl (C=O) groups excluding carboxylic acids is 3. The van der Waals surface area contributed by atoms with Gasteiger partial charge in [0.15, 0.2) is 6.04 Å². The summed E-state index contributed by atoms with van der Waals surface area (Å²) in [5.74, 6) is 1.56. The van der Waals surface area contributed by atoms with Crippen molar-refractivity contribution < 1.29 is 23.5 Å². The zero-order valence-electron chi connectivity index (χ0n) is 26.7. The molecule has 1 atom stereocenters. The van der Waals surface area contributed by atoms with Crippen LogP contribution in [0.5, 0.6) is 5.75 Å². The maximum atomic E-state index is 11.8. The van der Waals surface area contributed by atoms with Gasteiger partial charge in [0.1, 0.15) is 17.3 Å². The van der Waals surface area contributed by atoms with E-state index >= 15 is 0 Å². The number of aliphatic imine (C=N–C) groups is 1. The van der Waals surface area contributed by atoms with Crippen LogP contribution in [0.3, 0.4) is 0 Å². The zero-order chi connectivity index (χ0) is 32.4. The summed E-state index contributed by atoms with van der Waals surface area (Å²) >= 11 is 0. The SMILES string of the molecule is C=N/C=C\C=C/CNC/C(=C/c1cc([C@@H]2NC(=O)NC2=O)oc1C)CC.CC.CC.COc1ccc2c(c1)C(=O)N(C)C2. The molecule has 4 rings (SSSR count). The summed E-state index contributed by atoms with van der Waals surface area (Å²) in [6.45, 7) is 17.5. The summed E-state index contributed by atoms with van der Waals surface area (Å²) in [5, 5.41) is 8.08. The van der Waals surface area contributed by atoms with Gasteiger partial charge in [-0.25, -0.2) is 4.79 Å². The molecule has 0 saturated carbocycles. The van der Waals surface area contributed by atoms with Crippen molar-refractivity contribution >= 4 is 30.6 Å². The van der Waals surface area contributed by atoms with Crippen LogP contribution in [-0.4, -0.2) is 56.7 Å². The van der Waals surface area contributed by atoms with E-state index in [4.69, 9.17) is 9.15 Å². The lowest BCUT2D eigenvalue weighted by molar-refractivity contribution is -0.120. The Labute approximate surface area is 256 Å². The van der Waals surface area contributed by atoms with Gasteiger partial charge in [0.25, 0.3) is 11.8 Å². The minimum absolute atomic E-state index is 0.0777. The molecule has 1 fully saturated rings. The number of nitrogens with one attached hydrogen (secondary N) is 3. The first-order valence-electron chi connectivity index (χ1n) is 14.6. The molecule has 0 spiro atoms. The average Bonchev–Trinajstić information content (AvgIpc) is 3.66. The van der Waals surface area contributed by atoms with Crippen LogP contribution in [0.25, 0.3) is 6.08 Å². The fourth-order valence-electron chi connectivity index (χ4n) is 4.05. The molecule has 1 aromatic carbocycles. The van der Waals surface area contributed by atoms with E-state index in [1.807, 2.05) is 65.0 Å². The molecule has 1 saturated heterocycles. The van der Waals surface area contributed by atoms with Crippen LogP contribution in [0.4, 0.5) is 4.79 Å². The van der Waals surface area contributed by atoms with Crippen LogP contribution in [0.2, 0.25) is 0 Å². The van der Waals surface area contributed by atoms with Gasteiger partial charge < -0.3 is 24.7 Å². The van der Waals surface area contributed by atoms with Crippen LogP contribution in [0.1, 0.15) is 80.1 Å². The maximum absolute atomic E-state index is 11.8. The van der Waals surface area contributed by atoms with E-state index in [2.05, 4.69) is 40.7 Å². The summed E-state index contributed by atoms with van der Waals surface area (Å²) in [6.07, 6.45) is 10.3. The number of fused-ring (bicyclic) bond motifs is 1. The molecule has 0 bridgehead atoms. The lowest BCUT2D eigenvalue weighted by Gasteiger charge is -2.05. The van der Waals surface area contributed by atoms with Gasteiger partial charge in [-0.3, -0.25) is 19.9 Å². The largest absolute Gasteiger partial charge is 0.497 e. The minimum atomic E-state index is -0.769. The van der Waals surface area contributed by atoms with Gasteiger partial charge in [-0.15, -0.1) is 0 Å². The Kier molecular flexibility index (Phi) is 16.7. The summed E-state index contributed by atoms with van der Waals surface area (Å²) in [7, 11) is 3.40. The molecule has 2 aliphatic rings. The molecule has 234 valence electrons. The Balaban J connectivity index is 0.000000452. The number of aryl methyl sites for hydroxylation is 1. The Morgan fingerprint density at radius 1 is 1.19 bits per heavy atom. The summed E-state index contributed by atoms with van der Waals surface area (Å²) in [5.41, 5.74) is 3.95. The summed E-state index contributed by atoms with van der Waals surface area (Å²) in [4.78, 5) is 39.9. The molecule has 10 nitrogen and oxygen atoms in total.